The molecule has 3 aromatic heterocycles. The zero-order valence-corrected chi connectivity index (χ0v) is 17.4. The summed E-state index contributed by atoms with van der Waals surface area (Å²) in [5.41, 5.74) is 4.26. The van der Waals surface area contributed by atoms with Gasteiger partial charge in [-0.15, -0.1) is 11.3 Å². The molecule has 0 saturated heterocycles. The Hall–Kier alpha value is -2.98. The molecule has 0 aliphatic rings. The zero-order valence-electron chi connectivity index (χ0n) is 15.8. The number of aromatic nitrogens is 4. The summed E-state index contributed by atoms with van der Waals surface area (Å²) in [5, 5.41) is 11.3. The van der Waals surface area contributed by atoms with Crippen molar-refractivity contribution < 1.29 is 19.1 Å². The zero-order chi connectivity index (χ0) is 20.5. The van der Waals surface area contributed by atoms with Crippen LogP contribution in [0.5, 0.6) is 5.75 Å². The minimum Gasteiger partial charge on any atom is -0.481 e. The van der Waals surface area contributed by atoms with E-state index in [1.54, 1.807) is 6.20 Å². The maximum atomic E-state index is 10.8. The normalized spacial score (nSPS) is 11.1. The molecule has 8 nitrogen and oxygen atoms in total. The summed E-state index contributed by atoms with van der Waals surface area (Å²) in [6.07, 6.45) is 1.63. The van der Waals surface area contributed by atoms with Gasteiger partial charge in [0.15, 0.2) is 16.1 Å². The average molecular weight is 428 g/mol. The molecule has 0 bridgehead atoms. The molecule has 0 amide bonds. The van der Waals surface area contributed by atoms with Gasteiger partial charge in [0.2, 0.25) is 5.89 Å². The molecule has 0 atom stereocenters. The Morgan fingerprint density at radius 1 is 1.21 bits per heavy atom. The molecule has 1 N–H and O–H groups in total. The molecule has 1 aromatic carbocycles. The SMILES string of the molecule is Cc1csc(Sc2ncc3nc(-c4cc(C)c(OCC(=O)O)c(C)c4)oc3n2)n1. The first-order chi connectivity index (χ1) is 13.9. The van der Waals surface area contributed by atoms with E-state index in [0.717, 1.165) is 26.7 Å². The molecule has 4 rings (SSSR count). The number of ether oxygens (including phenoxy) is 1. The summed E-state index contributed by atoms with van der Waals surface area (Å²) in [7, 11) is 0. The number of hydrogen-bond acceptors (Lipinski definition) is 9. The Bertz CT molecular complexity index is 1200. The van der Waals surface area contributed by atoms with E-state index >= 15 is 0 Å². The molecule has 3 heterocycles. The van der Waals surface area contributed by atoms with E-state index in [4.69, 9.17) is 14.3 Å². The van der Waals surface area contributed by atoms with Crippen LogP contribution in [0.15, 0.2) is 37.6 Å². The van der Waals surface area contributed by atoms with Crippen molar-refractivity contribution in [2.75, 3.05) is 6.61 Å². The van der Waals surface area contributed by atoms with Crippen LogP contribution >= 0.6 is 23.1 Å². The average Bonchev–Trinajstić information content (AvgIpc) is 3.26. The van der Waals surface area contributed by atoms with Gasteiger partial charge in [-0.2, -0.15) is 4.98 Å². The number of hydrogen-bond donors (Lipinski definition) is 1. The van der Waals surface area contributed by atoms with Crippen molar-refractivity contribution in [1.82, 2.24) is 19.9 Å². The highest BCUT2D eigenvalue weighted by Crippen LogP contribution is 2.32. The number of rotatable bonds is 6. The number of benzene rings is 1. The van der Waals surface area contributed by atoms with E-state index < -0.39 is 12.6 Å². The Kier molecular flexibility index (Phi) is 5.20. The number of thiazole rings is 1. The summed E-state index contributed by atoms with van der Waals surface area (Å²) < 4.78 is 12.1. The summed E-state index contributed by atoms with van der Waals surface area (Å²) in [4.78, 5) is 28.4. The van der Waals surface area contributed by atoms with Gasteiger partial charge >= 0.3 is 5.97 Å². The Labute approximate surface area is 174 Å². The lowest BCUT2D eigenvalue weighted by atomic mass is 10.1. The highest BCUT2D eigenvalue weighted by Gasteiger charge is 2.15. The van der Waals surface area contributed by atoms with E-state index in [0.29, 0.717) is 28.0 Å². The smallest absolute Gasteiger partial charge is 0.341 e. The van der Waals surface area contributed by atoms with Gasteiger partial charge in [0, 0.05) is 16.6 Å². The van der Waals surface area contributed by atoms with Crippen LogP contribution in [-0.4, -0.2) is 37.6 Å². The molecule has 0 spiro atoms. The van der Waals surface area contributed by atoms with Crippen molar-refractivity contribution in [3.8, 4) is 17.2 Å². The topological polar surface area (TPSA) is 111 Å². The highest BCUT2D eigenvalue weighted by atomic mass is 32.2. The van der Waals surface area contributed by atoms with E-state index in [1.165, 1.54) is 23.1 Å². The Balaban J connectivity index is 1.63. The van der Waals surface area contributed by atoms with Crippen LogP contribution in [0.3, 0.4) is 0 Å². The van der Waals surface area contributed by atoms with E-state index in [-0.39, 0.29) is 0 Å². The maximum absolute atomic E-state index is 10.8. The quantitative estimate of drug-likeness (QED) is 0.450. The third-order valence-corrected chi connectivity index (χ3v) is 5.89. The van der Waals surface area contributed by atoms with Crippen molar-refractivity contribution in [2.45, 2.75) is 30.3 Å². The predicted octanol–water partition coefficient (Wildman–Crippen LogP) is 4.28. The molecule has 148 valence electrons. The number of aliphatic carboxylic acids is 1. The number of fused-ring (bicyclic) bond motifs is 1. The second-order valence-corrected chi connectivity index (χ2v) is 8.41. The van der Waals surface area contributed by atoms with Gasteiger partial charge in [-0.1, -0.05) is 0 Å². The Morgan fingerprint density at radius 2 is 1.97 bits per heavy atom. The highest BCUT2D eigenvalue weighted by molar-refractivity contribution is 8.00. The first-order valence-corrected chi connectivity index (χ1v) is 10.3. The molecule has 10 heteroatoms. The minimum atomic E-state index is -1.02. The fourth-order valence-corrected chi connectivity index (χ4v) is 4.45. The molecule has 0 radical (unpaired) electrons. The number of nitrogens with zero attached hydrogens (tertiary/aromatic N) is 4. The lowest BCUT2D eigenvalue weighted by Gasteiger charge is -2.11. The monoisotopic (exact) mass is 428 g/mol. The lowest BCUT2D eigenvalue weighted by molar-refractivity contribution is -0.139. The summed E-state index contributed by atoms with van der Waals surface area (Å²) in [5.74, 6) is -0.0611. The van der Waals surface area contributed by atoms with Crippen LogP contribution in [0.2, 0.25) is 0 Å². The van der Waals surface area contributed by atoms with Gasteiger partial charge in [-0.25, -0.2) is 19.7 Å². The van der Waals surface area contributed by atoms with Crippen LogP contribution in [0.1, 0.15) is 16.8 Å². The van der Waals surface area contributed by atoms with Crippen molar-refractivity contribution >= 4 is 40.3 Å². The van der Waals surface area contributed by atoms with E-state index in [1.807, 2.05) is 38.3 Å². The number of oxazole rings is 1. The molecular weight excluding hydrogens is 412 g/mol. The molecule has 0 fully saturated rings. The largest absolute Gasteiger partial charge is 0.481 e. The molecule has 0 unspecified atom stereocenters. The molecule has 0 aliphatic heterocycles. The summed E-state index contributed by atoms with van der Waals surface area (Å²) in [6, 6.07) is 3.69. The molecule has 4 aromatic rings. The van der Waals surface area contributed by atoms with Crippen molar-refractivity contribution in [3.05, 3.63) is 40.5 Å². The van der Waals surface area contributed by atoms with Gasteiger partial charge in [-0.3, -0.25) is 0 Å². The number of carbonyl (C=O) groups is 1. The fourth-order valence-electron chi connectivity index (χ4n) is 2.79. The van der Waals surface area contributed by atoms with Crippen molar-refractivity contribution in [3.63, 3.8) is 0 Å². The molecule has 29 heavy (non-hydrogen) atoms. The number of aryl methyl sites for hydroxylation is 3. The lowest BCUT2D eigenvalue weighted by Crippen LogP contribution is -2.10. The maximum Gasteiger partial charge on any atom is 0.341 e. The van der Waals surface area contributed by atoms with Crippen LogP contribution < -0.4 is 4.74 Å². The van der Waals surface area contributed by atoms with Gasteiger partial charge in [0.05, 0.1) is 6.20 Å². The summed E-state index contributed by atoms with van der Waals surface area (Å²) in [6.45, 7) is 5.25. The van der Waals surface area contributed by atoms with Crippen molar-refractivity contribution in [2.24, 2.45) is 0 Å². The van der Waals surface area contributed by atoms with E-state index in [9.17, 15) is 4.79 Å². The second-order valence-electron chi connectivity index (χ2n) is 6.34. The molecular formula is C19H16N4O4S2. The van der Waals surface area contributed by atoms with Gasteiger partial charge in [0.25, 0.3) is 5.71 Å². The van der Waals surface area contributed by atoms with Crippen LogP contribution in [0, 0.1) is 20.8 Å². The second kappa shape index (κ2) is 7.80. The van der Waals surface area contributed by atoms with Crippen molar-refractivity contribution in [1.29, 1.82) is 0 Å². The Morgan fingerprint density at radius 3 is 2.62 bits per heavy atom. The summed E-state index contributed by atoms with van der Waals surface area (Å²) >= 11 is 2.91. The van der Waals surface area contributed by atoms with Crippen LogP contribution in [0.25, 0.3) is 22.7 Å². The first kappa shape index (κ1) is 19.3. The number of carboxylic acid groups (broad SMARTS) is 1. The molecule has 0 saturated carbocycles. The standard InChI is InChI=1S/C19H16N4O4S2/c1-9-4-12(5-10(2)15(9)26-7-14(24)25)16-22-13-6-20-18(23-17(13)27-16)29-19-21-11(3)8-28-19/h4-6,8H,7H2,1-3H3,(H,24,25). The van der Waals surface area contributed by atoms with Gasteiger partial charge < -0.3 is 14.3 Å². The first-order valence-electron chi connectivity index (χ1n) is 8.59. The molecule has 0 aliphatic carbocycles. The van der Waals surface area contributed by atoms with Crippen LogP contribution in [0.4, 0.5) is 0 Å². The number of carboxylic acids is 1. The van der Waals surface area contributed by atoms with Gasteiger partial charge in [0.1, 0.15) is 11.3 Å². The fraction of sp³-hybridized carbons (Fsp3) is 0.211. The van der Waals surface area contributed by atoms with Gasteiger partial charge in [-0.05, 0) is 55.8 Å². The van der Waals surface area contributed by atoms with E-state index in [2.05, 4.69) is 19.9 Å². The van der Waals surface area contributed by atoms with Crippen LogP contribution in [-0.2, 0) is 4.79 Å². The third kappa shape index (κ3) is 4.22. The predicted molar refractivity (Wildman–Crippen MR) is 109 cm³/mol. The minimum absolute atomic E-state index is 0.390. The third-order valence-electron chi connectivity index (χ3n) is 3.95.